The van der Waals surface area contributed by atoms with Crippen LogP contribution in [-0.2, 0) is 11.2 Å². The van der Waals surface area contributed by atoms with Gasteiger partial charge in [-0.25, -0.2) is 4.79 Å². The number of carbonyl (C=O) groups is 1. The van der Waals surface area contributed by atoms with Crippen LogP contribution in [0.5, 0.6) is 5.75 Å². The van der Waals surface area contributed by atoms with E-state index < -0.39 is 0 Å². The van der Waals surface area contributed by atoms with E-state index in [0.717, 1.165) is 64.3 Å². The summed E-state index contributed by atoms with van der Waals surface area (Å²) in [7, 11) is 1.69. The molecule has 2 aliphatic heterocycles. The van der Waals surface area contributed by atoms with Crippen LogP contribution in [0.3, 0.4) is 0 Å². The number of hydrogen-bond acceptors (Lipinski definition) is 4. The molecule has 2 fully saturated rings. The molecule has 25 heavy (non-hydrogen) atoms. The third-order valence-electron chi connectivity index (χ3n) is 5.04. The number of carbonyl (C=O) groups excluding carboxylic acids is 1. The van der Waals surface area contributed by atoms with Gasteiger partial charge in [0.1, 0.15) is 5.75 Å². The normalized spacial score (nSPS) is 21.3. The van der Waals surface area contributed by atoms with Crippen LogP contribution in [0.1, 0.15) is 18.4 Å². The maximum absolute atomic E-state index is 12.2. The molecule has 0 spiro atoms. The smallest absolute Gasteiger partial charge is 0.317 e. The minimum atomic E-state index is 0.0466. The number of nitrogens with one attached hydrogen (secondary N) is 1. The second-order valence-electron chi connectivity index (χ2n) is 6.75. The number of nitrogens with zero attached hydrogens (tertiary/aromatic N) is 2. The fourth-order valence-corrected chi connectivity index (χ4v) is 3.37. The van der Waals surface area contributed by atoms with Crippen LogP contribution < -0.4 is 10.1 Å². The number of methoxy groups -OCH3 is 1. The van der Waals surface area contributed by atoms with Gasteiger partial charge in [0, 0.05) is 45.9 Å². The molecule has 6 nitrogen and oxygen atoms in total. The molecule has 0 bridgehead atoms. The first-order valence-electron chi connectivity index (χ1n) is 9.24. The van der Waals surface area contributed by atoms with Gasteiger partial charge in [0.25, 0.3) is 0 Å². The fraction of sp³-hybridized carbons (Fsp3) is 0.632. The average Bonchev–Trinajstić information content (AvgIpc) is 3.19. The summed E-state index contributed by atoms with van der Waals surface area (Å²) in [5.74, 6) is 0.895. The maximum Gasteiger partial charge on any atom is 0.317 e. The molecule has 0 saturated carbocycles. The number of piperazine rings is 1. The molecule has 0 aromatic heterocycles. The van der Waals surface area contributed by atoms with E-state index in [-0.39, 0.29) is 12.1 Å². The Hall–Kier alpha value is -1.79. The number of rotatable bonds is 6. The zero-order valence-electron chi connectivity index (χ0n) is 15.1. The molecule has 0 radical (unpaired) electrons. The van der Waals surface area contributed by atoms with Crippen molar-refractivity contribution in [2.24, 2.45) is 0 Å². The lowest BCUT2D eigenvalue weighted by molar-refractivity contribution is 0.104. The minimum Gasteiger partial charge on any atom is -0.497 e. The summed E-state index contributed by atoms with van der Waals surface area (Å²) in [6, 6.07) is 8.30. The standard InChI is InChI=1S/C19H29N3O3/c1-24-17-6-4-16(5-7-17)8-9-21-10-12-22(13-11-21)19(23)20-15-18-3-2-14-25-18/h4-7,18H,2-3,8-15H2,1H3,(H,20,23). The van der Waals surface area contributed by atoms with Crippen LogP contribution in [0.4, 0.5) is 4.79 Å². The molecule has 2 saturated heterocycles. The Balaban J connectivity index is 1.34. The van der Waals surface area contributed by atoms with Gasteiger partial charge in [-0.3, -0.25) is 4.90 Å². The highest BCUT2D eigenvalue weighted by molar-refractivity contribution is 5.74. The zero-order valence-corrected chi connectivity index (χ0v) is 15.1. The lowest BCUT2D eigenvalue weighted by Crippen LogP contribution is -2.52. The van der Waals surface area contributed by atoms with Crippen LogP contribution in [0.25, 0.3) is 0 Å². The third kappa shape index (κ3) is 5.34. The highest BCUT2D eigenvalue weighted by Crippen LogP contribution is 2.13. The van der Waals surface area contributed by atoms with Crippen molar-refractivity contribution in [2.45, 2.75) is 25.4 Å². The van der Waals surface area contributed by atoms with Crippen molar-refractivity contribution in [3.05, 3.63) is 29.8 Å². The van der Waals surface area contributed by atoms with E-state index in [1.807, 2.05) is 17.0 Å². The highest BCUT2D eigenvalue weighted by Gasteiger charge is 2.22. The first kappa shape index (κ1) is 18.0. The molecule has 2 heterocycles. The Kier molecular flexibility index (Phi) is 6.53. The second-order valence-corrected chi connectivity index (χ2v) is 6.75. The van der Waals surface area contributed by atoms with E-state index in [1.165, 1.54) is 5.56 Å². The van der Waals surface area contributed by atoms with Gasteiger partial charge >= 0.3 is 6.03 Å². The molecular formula is C19H29N3O3. The van der Waals surface area contributed by atoms with E-state index in [1.54, 1.807) is 7.11 Å². The number of hydrogen-bond donors (Lipinski definition) is 1. The van der Waals surface area contributed by atoms with Crippen LogP contribution >= 0.6 is 0 Å². The predicted octanol–water partition coefficient (Wildman–Crippen LogP) is 1.74. The SMILES string of the molecule is COc1ccc(CCN2CCN(C(=O)NCC3CCCO3)CC2)cc1. The summed E-state index contributed by atoms with van der Waals surface area (Å²) < 4.78 is 10.7. The summed E-state index contributed by atoms with van der Waals surface area (Å²) in [5, 5.41) is 3.01. The Bertz CT molecular complexity index is 535. The quantitative estimate of drug-likeness (QED) is 0.852. The van der Waals surface area contributed by atoms with Gasteiger partial charge < -0.3 is 19.7 Å². The van der Waals surface area contributed by atoms with Crippen molar-refractivity contribution in [3.63, 3.8) is 0 Å². The molecule has 1 atom stereocenters. The van der Waals surface area contributed by atoms with Crippen molar-refractivity contribution in [2.75, 3.05) is 53.0 Å². The van der Waals surface area contributed by atoms with E-state index in [4.69, 9.17) is 9.47 Å². The first-order chi connectivity index (χ1) is 12.2. The average molecular weight is 347 g/mol. The Morgan fingerprint density at radius 1 is 1.24 bits per heavy atom. The van der Waals surface area contributed by atoms with Crippen molar-refractivity contribution in [3.8, 4) is 5.75 Å². The van der Waals surface area contributed by atoms with E-state index in [2.05, 4.69) is 22.3 Å². The van der Waals surface area contributed by atoms with Crippen molar-refractivity contribution >= 4 is 6.03 Å². The lowest BCUT2D eigenvalue weighted by Gasteiger charge is -2.34. The van der Waals surface area contributed by atoms with E-state index in [9.17, 15) is 4.79 Å². The van der Waals surface area contributed by atoms with Gasteiger partial charge in [0.15, 0.2) is 0 Å². The molecule has 1 aromatic rings. The third-order valence-corrected chi connectivity index (χ3v) is 5.04. The Labute approximate surface area is 150 Å². The van der Waals surface area contributed by atoms with Crippen molar-refractivity contribution in [1.29, 1.82) is 0 Å². The molecule has 6 heteroatoms. The number of amides is 2. The minimum absolute atomic E-state index is 0.0466. The van der Waals surface area contributed by atoms with Crippen LogP contribution in [0.15, 0.2) is 24.3 Å². The van der Waals surface area contributed by atoms with Gasteiger partial charge in [-0.1, -0.05) is 12.1 Å². The molecule has 2 amide bonds. The van der Waals surface area contributed by atoms with E-state index >= 15 is 0 Å². The van der Waals surface area contributed by atoms with E-state index in [0.29, 0.717) is 6.54 Å². The molecular weight excluding hydrogens is 318 g/mol. The molecule has 1 N–H and O–H groups in total. The Morgan fingerprint density at radius 3 is 2.64 bits per heavy atom. The van der Waals surface area contributed by atoms with Gasteiger partial charge in [-0.05, 0) is 37.0 Å². The van der Waals surface area contributed by atoms with Crippen LogP contribution in [0, 0.1) is 0 Å². The molecule has 1 aromatic carbocycles. The van der Waals surface area contributed by atoms with Crippen molar-refractivity contribution in [1.82, 2.24) is 15.1 Å². The fourth-order valence-electron chi connectivity index (χ4n) is 3.37. The molecule has 3 rings (SSSR count). The van der Waals surface area contributed by atoms with Gasteiger partial charge in [-0.2, -0.15) is 0 Å². The summed E-state index contributed by atoms with van der Waals surface area (Å²) in [4.78, 5) is 16.6. The summed E-state index contributed by atoms with van der Waals surface area (Å²) in [5.41, 5.74) is 1.32. The highest BCUT2D eigenvalue weighted by atomic mass is 16.5. The van der Waals surface area contributed by atoms with Gasteiger partial charge in [0.2, 0.25) is 0 Å². The topological polar surface area (TPSA) is 54.0 Å². The predicted molar refractivity (Wildman–Crippen MR) is 97.1 cm³/mol. The molecule has 138 valence electrons. The maximum atomic E-state index is 12.2. The lowest BCUT2D eigenvalue weighted by atomic mass is 10.1. The monoisotopic (exact) mass is 347 g/mol. The van der Waals surface area contributed by atoms with Gasteiger partial charge in [-0.15, -0.1) is 0 Å². The summed E-state index contributed by atoms with van der Waals surface area (Å²) >= 11 is 0. The number of benzene rings is 1. The number of urea groups is 1. The van der Waals surface area contributed by atoms with Gasteiger partial charge in [0.05, 0.1) is 13.2 Å². The largest absolute Gasteiger partial charge is 0.497 e. The van der Waals surface area contributed by atoms with Crippen LogP contribution in [-0.4, -0.2) is 74.9 Å². The summed E-state index contributed by atoms with van der Waals surface area (Å²) in [6.07, 6.45) is 3.39. The molecule has 1 unspecified atom stereocenters. The first-order valence-corrected chi connectivity index (χ1v) is 9.24. The molecule has 0 aliphatic carbocycles. The summed E-state index contributed by atoms with van der Waals surface area (Å²) in [6.45, 7) is 5.94. The number of ether oxygens (including phenoxy) is 2. The second kappa shape index (κ2) is 9.06. The molecule has 2 aliphatic rings. The Morgan fingerprint density at radius 2 is 2.00 bits per heavy atom. The zero-order chi connectivity index (χ0) is 17.5. The van der Waals surface area contributed by atoms with Crippen molar-refractivity contribution < 1.29 is 14.3 Å². The van der Waals surface area contributed by atoms with Crippen LogP contribution in [0.2, 0.25) is 0 Å².